The predicted molar refractivity (Wildman–Crippen MR) is 77.5 cm³/mol. The van der Waals surface area contributed by atoms with Gasteiger partial charge < -0.3 is 10.5 Å². The van der Waals surface area contributed by atoms with Crippen LogP contribution in [-0.4, -0.2) is 31.2 Å². The van der Waals surface area contributed by atoms with Crippen LogP contribution in [0.4, 0.5) is 10.1 Å². The molecule has 4 heteroatoms. The quantitative estimate of drug-likeness (QED) is 0.736. The first-order chi connectivity index (χ1) is 9.13. The SMILES string of the molecule is CCC(CC)N(CCOC)Cc1cccc(F)c1N. The zero-order valence-corrected chi connectivity index (χ0v) is 12.2. The molecule has 0 radical (unpaired) electrons. The largest absolute Gasteiger partial charge is 0.396 e. The normalized spacial score (nSPS) is 11.5. The predicted octanol–water partition coefficient (Wildman–Crippen LogP) is 3.04. The van der Waals surface area contributed by atoms with E-state index in [2.05, 4.69) is 18.7 Å². The van der Waals surface area contributed by atoms with Gasteiger partial charge in [0.1, 0.15) is 5.82 Å². The Morgan fingerprint density at radius 3 is 2.58 bits per heavy atom. The van der Waals surface area contributed by atoms with Crippen molar-refractivity contribution in [2.24, 2.45) is 0 Å². The topological polar surface area (TPSA) is 38.5 Å². The molecule has 0 spiro atoms. The number of nitrogen functional groups attached to an aromatic ring is 1. The molecular formula is C15H25FN2O. The van der Waals surface area contributed by atoms with Gasteiger partial charge in [0.05, 0.1) is 12.3 Å². The third-order valence-corrected chi connectivity index (χ3v) is 3.56. The van der Waals surface area contributed by atoms with Crippen molar-refractivity contribution < 1.29 is 9.13 Å². The van der Waals surface area contributed by atoms with Gasteiger partial charge in [-0.2, -0.15) is 0 Å². The fourth-order valence-electron chi connectivity index (χ4n) is 2.34. The Labute approximate surface area is 115 Å². The van der Waals surface area contributed by atoms with Crippen LogP contribution in [-0.2, 0) is 11.3 Å². The Morgan fingerprint density at radius 2 is 2.00 bits per heavy atom. The molecule has 0 unspecified atom stereocenters. The number of ether oxygens (including phenoxy) is 1. The molecule has 1 aromatic carbocycles. The van der Waals surface area contributed by atoms with Gasteiger partial charge in [-0.25, -0.2) is 4.39 Å². The summed E-state index contributed by atoms with van der Waals surface area (Å²) in [7, 11) is 1.70. The molecule has 1 rings (SSSR count). The summed E-state index contributed by atoms with van der Waals surface area (Å²) in [6.45, 7) is 6.51. The van der Waals surface area contributed by atoms with E-state index < -0.39 is 0 Å². The van der Waals surface area contributed by atoms with Crippen LogP contribution in [0, 0.1) is 5.82 Å². The first kappa shape index (κ1) is 15.9. The van der Waals surface area contributed by atoms with E-state index in [9.17, 15) is 4.39 Å². The standard InChI is InChI=1S/C15H25FN2O/c1-4-13(5-2)18(9-10-19-3)11-12-7-6-8-14(16)15(12)17/h6-8,13H,4-5,9-11,17H2,1-3H3. The molecule has 0 aliphatic heterocycles. The molecule has 0 saturated heterocycles. The third-order valence-electron chi connectivity index (χ3n) is 3.56. The minimum atomic E-state index is -0.339. The van der Waals surface area contributed by atoms with Crippen LogP contribution in [0.15, 0.2) is 18.2 Å². The highest BCUT2D eigenvalue weighted by atomic mass is 19.1. The van der Waals surface area contributed by atoms with Gasteiger partial charge in [-0.15, -0.1) is 0 Å². The van der Waals surface area contributed by atoms with Crippen molar-refractivity contribution in [2.45, 2.75) is 39.3 Å². The van der Waals surface area contributed by atoms with E-state index >= 15 is 0 Å². The van der Waals surface area contributed by atoms with Gasteiger partial charge in [0, 0.05) is 26.2 Å². The highest BCUT2D eigenvalue weighted by molar-refractivity contribution is 5.47. The third kappa shape index (κ3) is 4.48. The maximum absolute atomic E-state index is 13.5. The van der Waals surface area contributed by atoms with E-state index in [0.717, 1.165) is 24.9 Å². The molecular weight excluding hydrogens is 243 g/mol. The lowest BCUT2D eigenvalue weighted by Crippen LogP contribution is -2.36. The summed E-state index contributed by atoms with van der Waals surface area (Å²) >= 11 is 0. The van der Waals surface area contributed by atoms with Crippen LogP contribution in [0.5, 0.6) is 0 Å². The zero-order valence-electron chi connectivity index (χ0n) is 12.2. The minimum Gasteiger partial charge on any atom is -0.396 e. The number of hydrogen-bond acceptors (Lipinski definition) is 3. The van der Waals surface area contributed by atoms with Gasteiger partial charge in [-0.05, 0) is 24.5 Å². The highest BCUT2D eigenvalue weighted by Crippen LogP contribution is 2.20. The van der Waals surface area contributed by atoms with Crippen LogP contribution in [0.2, 0.25) is 0 Å². The summed E-state index contributed by atoms with van der Waals surface area (Å²) < 4.78 is 18.6. The summed E-state index contributed by atoms with van der Waals surface area (Å²) in [4.78, 5) is 2.31. The van der Waals surface area contributed by atoms with Crippen LogP contribution in [0.25, 0.3) is 0 Å². The van der Waals surface area contributed by atoms with E-state index in [1.807, 2.05) is 6.07 Å². The van der Waals surface area contributed by atoms with Crippen molar-refractivity contribution in [3.8, 4) is 0 Å². The average molecular weight is 268 g/mol. The number of methoxy groups -OCH3 is 1. The average Bonchev–Trinajstić information content (AvgIpc) is 2.42. The first-order valence-corrected chi connectivity index (χ1v) is 6.89. The summed E-state index contributed by atoms with van der Waals surface area (Å²) in [5.41, 5.74) is 6.92. The fourth-order valence-corrected chi connectivity index (χ4v) is 2.34. The number of rotatable bonds is 8. The number of para-hydroxylation sites is 1. The second-order valence-corrected chi connectivity index (χ2v) is 4.75. The molecule has 108 valence electrons. The van der Waals surface area contributed by atoms with E-state index in [0.29, 0.717) is 19.2 Å². The number of nitrogens with two attached hydrogens (primary N) is 1. The lowest BCUT2D eigenvalue weighted by Gasteiger charge is -2.30. The molecule has 0 aliphatic carbocycles. The Balaban J connectivity index is 2.83. The molecule has 0 atom stereocenters. The van der Waals surface area contributed by atoms with Gasteiger partial charge in [-0.1, -0.05) is 26.0 Å². The molecule has 1 aromatic rings. The van der Waals surface area contributed by atoms with Crippen molar-refractivity contribution in [3.05, 3.63) is 29.6 Å². The molecule has 0 heterocycles. The lowest BCUT2D eigenvalue weighted by molar-refractivity contribution is 0.110. The van der Waals surface area contributed by atoms with Crippen LogP contribution >= 0.6 is 0 Å². The Hall–Kier alpha value is -1.13. The molecule has 0 aromatic heterocycles. The summed E-state index contributed by atoms with van der Waals surface area (Å²) in [6, 6.07) is 5.47. The van der Waals surface area contributed by atoms with E-state index in [-0.39, 0.29) is 11.5 Å². The lowest BCUT2D eigenvalue weighted by atomic mass is 10.1. The highest BCUT2D eigenvalue weighted by Gasteiger charge is 2.17. The van der Waals surface area contributed by atoms with E-state index in [4.69, 9.17) is 10.5 Å². The Morgan fingerprint density at radius 1 is 1.32 bits per heavy atom. The van der Waals surface area contributed by atoms with Gasteiger partial charge in [0.25, 0.3) is 0 Å². The minimum absolute atomic E-state index is 0.260. The van der Waals surface area contributed by atoms with E-state index in [1.54, 1.807) is 13.2 Å². The van der Waals surface area contributed by atoms with Gasteiger partial charge >= 0.3 is 0 Å². The van der Waals surface area contributed by atoms with Crippen molar-refractivity contribution in [1.29, 1.82) is 0 Å². The summed E-state index contributed by atoms with van der Waals surface area (Å²) in [5.74, 6) is -0.339. The maximum Gasteiger partial charge on any atom is 0.146 e. The first-order valence-electron chi connectivity index (χ1n) is 6.89. The van der Waals surface area contributed by atoms with Crippen molar-refractivity contribution >= 4 is 5.69 Å². The maximum atomic E-state index is 13.5. The fraction of sp³-hybridized carbons (Fsp3) is 0.600. The molecule has 19 heavy (non-hydrogen) atoms. The zero-order chi connectivity index (χ0) is 14.3. The molecule has 0 bridgehead atoms. The van der Waals surface area contributed by atoms with Crippen LogP contribution in [0.3, 0.4) is 0 Å². The summed E-state index contributed by atoms with van der Waals surface area (Å²) in [5, 5.41) is 0. The number of hydrogen-bond donors (Lipinski definition) is 1. The number of nitrogens with zero attached hydrogens (tertiary/aromatic N) is 1. The Bertz CT molecular complexity index is 380. The monoisotopic (exact) mass is 268 g/mol. The van der Waals surface area contributed by atoms with Crippen LogP contribution in [0.1, 0.15) is 32.3 Å². The van der Waals surface area contributed by atoms with Crippen molar-refractivity contribution in [2.75, 3.05) is 26.0 Å². The number of benzene rings is 1. The molecule has 0 fully saturated rings. The van der Waals surface area contributed by atoms with Gasteiger partial charge in [0.2, 0.25) is 0 Å². The second kappa shape index (κ2) is 8.12. The Kier molecular flexibility index (Phi) is 6.81. The molecule has 0 aliphatic rings. The van der Waals surface area contributed by atoms with Crippen LogP contribution < -0.4 is 5.73 Å². The van der Waals surface area contributed by atoms with Gasteiger partial charge in [0.15, 0.2) is 0 Å². The van der Waals surface area contributed by atoms with E-state index in [1.165, 1.54) is 6.07 Å². The number of halogens is 1. The molecule has 3 nitrogen and oxygen atoms in total. The van der Waals surface area contributed by atoms with Gasteiger partial charge in [-0.3, -0.25) is 4.90 Å². The summed E-state index contributed by atoms with van der Waals surface area (Å²) in [6.07, 6.45) is 2.13. The van der Waals surface area contributed by atoms with Crippen molar-refractivity contribution in [1.82, 2.24) is 4.90 Å². The second-order valence-electron chi connectivity index (χ2n) is 4.75. The smallest absolute Gasteiger partial charge is 0.146 e. The molecule has 0 amide bonds. The number of anilines is 1. The molecule has 0 saturated carbocycles. The van der Waals surface area contributed by atoms with Crippen molar-refractivity contribution in [3.63, 3.8) is 0 Å². The molecule has 2 N–H and O–H groups in total.